The maximum atomic E-state index is 9.35. The van der Waals surface area contributed by atoms with Crippen molar-refractivity contribution in [3.63, 3.8) is 0 Å². The smallest absolute Gasteiger partial charge is 0.139 e. The first-order valence-electron chi connectivity index (χ1n) is 5.68. The van der Waals surface area contributed by atoms with E-state index in [1.807, 2.05) is 6.07 Å². The number of aromatic nitrogens is 1. The topological polar surface area (TPSA) is 42.4 Å². The van der Waals surface area contributed by atoms with Crippen molar-refractivity contribution >= 4 is 11.6 Å². The van der Waals surface area contributed by atoms with Gasteiger partial charge in [-0.2, -0.15) is 0 Å². The second kappa shape index (κ2) is 6.67. The number of rotatable bonds is 3. The molecule has 0 amide bonds. The summed E-state index contributed by atoms with van der Waals surface area (Å²) in [5, 5.41) is 9.35. The predicted molar refractivity (Wildman–Crippen MR) is 74.3 cm³/mol. The average Bonchev–Trinajstić information content (AvgIpc) is 2.43. The van der Waals surface area contributed by atoms with Crippen LogP contribution in [0, 0.1) is 11.8 Å². The van der Waals surface area contributed by atoms with Gasteiger partial charge in [0.2, 0.25) is 0 Å². The van der Waals surface area contributed by atoms with Gasteiger partial charge in [0, 0.05) is 11.8 Å². The van der Waals surface area contributed by atoms with E-state index >= 15 is 0 Å². The number of phenolic OH excluding ortho intramolecular Hbond substituents is 1. The molecule has 0 unspecified atom stereocenters. The Labute approximate surface area is 116 Å². The van der Waals surface area contributed by atoms with E-state index in [9.17, 15) is 5.11 Å². The monoisotopic (exact) mass is 273 g/mol. The second-order valence-electron chi connectivity index (χ2n) is 3.80. The van der Waals surface area contributed by atoms with Crippen LogP contribution in [0.2, 0.25) is 0 Å². The fraction of sp³-hybridized carbons (Fsp3) is 0.133. The van der Waals surface area contributed by atoms with Gasteiger partial charge in [0.25, 0.3) is 0 Å². The van der Waals surface area contributed by atoms with Crippen LogP contribution < -0.4 is 4.74 Å². The first kappa shape index (κ1) is 13.3. The highest BCUT2D eigenvalue weighted by Crippen LogP contribution is 2.15. The van der Waals surface area contributed by atoms with Crippen molar-refractivity contribution in [3.8, 4) is 23.3 Å². The molecule has 0 saturated carbocycles. The number of hydrogen-bond acceptors (Lipinski definition) is 3. The SMILES string of the molecule is Oc1cccc(COc2cncc(C#CCCl)c2)c1. The lowest BCUT2D eigenvalue weighted by Gasteiger charge is -2.06. The molecule has 2 aromatic rings. The summed E-state index contributed by atoms with van der Waals surface area (Å²) in [5.74, 6) is 6.78. The van der Waals surface area contributed by atoms with Gasteiger partial charge in [0.15, 0.2) is 0 Å². The van der Waals surface area contributed by atoms with E-state index in [0.29, 0.717) is 12.4 Å². The molecule has 1 heterocycles. The molecule has 0 aliphatic rings. The fourth-order valence-corrected chi connectivity index (χ4v) is 1.58. The Morgan fingerprint density at radius 3 is 2.95 bits per heavy atom. The molecule has 0 saturated heterocycles. The van der Waals surface area contributed by atoms with Gasteiger partial charge < -0.3 is 9.84 Å². The molecule has 2 rings (SSSR count). The Hall–Kier alpha value is -2.18. The summed E-state index contributed by atoms with van der Waals surface area (Å²) in [6.45, 7) is 0.364. The number of aromatic hydroxyl groups is 1. The van der Waals surface area contributed by atoms with Crippen LogP contribution >= 0.6 is 11.6 Å². The minimum Gasteiger partial charge on any atom is -0.508 e. The van der Waals surface area contributed by atoms with Crippen molar-refractivity contribution in [2.75, 3.05) is 5.88 Å². The predicted octanol–water partition coefficient (Wildman–Crippen LogP) is 2.96. The largest absolute Gasteiger partial charge is 0.508 e. The Balaban J connectivity index is 2.03. The fourth-order valence-electron chi connectivity index (χ4n) is 1.51. The van der Waals surface area contributed by atoms with Gasteiger partial charge >= 0.3 is 0 Å². The molecule has 1 aromatic heterocycles. The Bertz CT molecular complexity index is 617. The van der Waals surface area contributed by atoms with Crippen LogP contribution in [-0.2, 0) is 6.61 Å². The third kappa shape index (κ3) is 4.20. The molecule has 96 valence electrons. The molecule has 0 radical (unpaired) electrons. The quantitative estimate of drug-likeness (QED) is 0.691. The third-order valence-electron chi connectivity index (χ3n) is 2.33. The molecule has 0 aliphatic heterocycles. The number of halogens is 1. The van der Waals surface area contributed by atoms with Crippen LogP contribution in [0.5, 0.6) is 11.5 Å². The van der Waals surface area contributed by atoms with Gasteiger partial charge in [-0.1, -0.05) is 24.0 Å². The molecule has 0 fully saturated rings. The Kier molecular flexibility index (Phi) is 4.66. The Morgan fingerprint density at radius 1 is 1.26 bits per heavy atom. The van der Waals surface area contributed by atoms with E-state index in [0.717, 1.165) is 11.1 Å². The molecule has 1 N–H and O–H groups in total. The molecular formula is C15H12ClNO2. The molecule has 1 aromatic carbocycles. The van der Waals surface area contributed by atoms with Gasteiger partial charge in [-0.05, 0) is 23.8 Å². The zero-order valence-electron chi connectivity index (χ0n) is 10.1. The number of benzene rings is 1. The van der Waals surface area contributed by atoms with Crippen LogP contribution in [0.15, 0.2) is 42.7 Å². The van der Waals surface area contributed by atoms with E-state index in [4.69, 9.17) is 16.3 Å². The number of hydrogen-bond donors (Lipinski definition) is 1. The van der Waals surface area contributed by atoms with Crippen molar-refractivity contribution < 1.29 is 9.84 Å². The lowest BCUT2D eigenvalue weighted by Crippen LogP contribution is -1.96. The molecule has 0 bridgehead atoms. The maximum Gasteiger partial charge on any atom is 0.139 e. The van der Waals surface area contributed by atoms with E-state index in [1.54, 1.807) is 36.7 Å². The van der Waals surface area contributed by atoms with Gasteiger partial charge in [-0.25, -0.2) is 0 Å². The van der Waals surface area contributed by atoms with Crippen LogP contribution in [0.1, 0.15) is 11.1 Å². The molecule has 0 spiro atoms. The van der Waals surface area contributed by atoms with E-state index in [1.165, 1.54) is 0 Å². The minimum atomic E-state index is 0.223. The molecule has 0 aliphatic carbocycles. The highest BCUT2D eigenvalue weighted by molar-refractivity contribution is 6.19. The van der Waals surface area contributed by atoms with E-state index in [2.05, 4.69) is 16.8 Å². The zero-order chi connectivity index (χ0) is 13.5. The molecule has 3 nitrogen and oxygen atoms in total. The lowest BCUT2D eigenvalue weighted by atomic mass is 10.2. The molecular weight excluding hydrogens is 262 g/mol. The van der Waals surface area contributed by atoms with Gasteiger partial charge in [0.1, 0.15) is 18.1 Å². The van der Waals surface area contributed by atoms with Gasteiger partial charge in [0.05, 0.1) is 12.1 Å². The summed E-state index contributed by atoms with van der Waals surface area (Å²) >= 11 is 5.50. The number of ether oxygens (including phenoxy) is 1. The molecule has 19 heavy (non-hydrogen) atoms. The van der Waals surface area contributed by atoms with Gasteiger partial charge in [-0.3, -0.25) is 4.98 Å². The number of phenols is 1. The average molecular weight is 274 g/mol. The van der Waals surface area contributed by atoms with Crippen LogP contribution in [0.25, 0.3) is 0 Å². The normalized spacial score (nSPS) is 9.53. The maximum absolute atomic E-state index is 9.35. The number of nitrogens with zero attached hydrogens (tertiary/aromatic N) is 1. The summed E-state index contributed by atoms with van der Waals surface area (Å²) in [6, 6.07) is 8.73. The lowest BCUT2D eigenvalue weighted by molar-refractivity contribution is 0.304. The first-order chi connectivity index (χ1) is 9.28. The van der Waals surface area contributed by atoms with E-state index < -0.39 is 0 Å². The van der Waals surface area contributed by atoms with Crippen LogP contribution in [-0.4, -0.2) is 16.0 Å². The van der Waals surface area contributed by atoms with Crippen molar-refractivity contribution in [2.45, 2.75) is 6.61 Å². The highest BCUT2D eigenvalue weighted by Gasteiger charge is 1.98. The van der Waals surface area contributed by atoms with Crippen LogP contribution in [0.3, 0.4) is 0 Å². The second-order valence-corrected chi connectivity index (χ2v) is 4.07. The van der Waals surface area contributed by atoms with Crippen molar-refractivity contribution in [3.05, 3.63) is 53.9 Å². The first-order valence-corrected chi connectivity index (χ1v) is 6.22. The van der Waals surface area contributed by atoms with Crippen molar-refractivity contribution in [1.29, 1.82) is 0 Å². The summed E-state index contributed by atoms with van der Waals surface area (Å²) in [4.78, 5) is 4.05. The summed E-state index contributed by atoms with van der Waals surface area (Å²) in [6.07, 6.45) is 3.27. The molecule has 0 atom stereocenters. The van der Waals surface area contributed by atoms with E-state index in [-0.39, 0.29) is 11.6 Å². The van der Waals surface area contributed by atoms with Crippen molar-refractivity contribution in [1.82, 2.24) is 4.98 Å². The third-order valence-corrected chi connectivity index (χ3v) is 2.46. The number of alkyl halides is 1. The van der Waals surface area contributed by atoms with Gasteiger partial charge in [-0.15, -0.1) is 11.6 Å². The summed E-state index contributed by atoms with van der Waals surface area (Å²) in [5.41, 5.74) is 1.64. The van der Waals surface area contributed by atoms with Crippen molar-refractivity contribution in [2.24, 2.45) is 0 Å². The summed E-state index contributed by atoms with van der Waals surface area (Å²) < 4.78 is 5.59. The zero-order valence-corrected chi connectivity index (χ0v) is 10.9. The molecule has 4 heteroatoms. The summed E-state index contributed by atoms with van der Waals surface area (Å²) in [7, 11) is 0. The standard InChI is InChI=1S/C15H12ClNO2/c16-6-2-4-12-8-15(10-17-9-12)19-11-13-3-1-5-14(18)7-13/h1,3,5,7-10,18H,6,11H2. The Morgan fingerprint density at radius 2 is 2.16 bits per heavy atom. The highest BCUT2D eigenvalue weighted by atomic mass is 35.5. The number of pyridine rings is 1. The minimum absolute atomic E-state index is 0.223. The van der Waals surface area contributed by atoms with Crippen LogP contribution in [0.4, 0.5) is 0 Å².